The van der Waals surface area contributed by atoms with E-state index in [9.17, 15) is 0 Å². The standard InChI is InChI=1S/C11H12BrClO2/c1-2-8(12)7-5-10-11(6-9(7)13)15-4-3-14-10/h5-6,8H,2-4H2,1H3. The normalized spacial score (nSPS) is 16.2. The van der Waals surface area contributed by atoms with E-state index >= 15 is 0 Å². The van der Waals surface area contributed by atoms with Gasteiger partial charge in [0, 0.05) is 15.9 Å². The Balaban J connectivity index is 2.40. The van der Waals surface area contributed by atoms with Crippen molar-refractivity contribution in [1.29, 1.82) is 0 Å². The van der Waals surface area contributed by atoms with Crippen molar-refractivity contribution in [1.82, 2.24) is 0 Å². The molecule has 1 aromatic rings. The third-order valence-electron chi connectivity index (χ3n) is 2.36. The lowest BCUT2D eigenvalue weighted by Crippen LogP contribution is -2.15. The van der Waals surface area contributed by atoms with Crippen LogP contribution in [0.4, 0.5) is 0 Å². The predicted octanol–water partition coefficient (Wildman–Crippen LogP) is 3.96. The summed E-state index contributed by atoms with van der Waals surface area (Å²) in [7, 11) is 0. The topological polar surface area (TPSA) is 18.5 Å². The molecule has 1 unspecified atom stereocenters. The molecule has 82 valence electrons. The monoisotopic (exact) mass is 290 g/mol. The van der Waals surface area contributed by atoms with Gasteiger partial charge in [-0.15, -0.1) is 0 Å². The maximum atomic E-state index is 6.17. The summed E-state index contributed by atoms with van der Waals surface area (Å²) < 4.78 is 11.0. The van der Waals surface area contributed by atoms with E-state index < -0.39 is 0 Å². The molecule has 0 aromatic heterocycles. The first-order valence-electron chi connectivity index (χ1n) is 4.95. The summed E-state index contributed by atoms with van der Waals surface area (Å²) in [5.74, 6) is 1.53. The molecule has 0 N–H and O–H groups in total. The van der Waals surface area contributed by atoms with Gasteiger partial charge in [0.25, 0.3) is 0 Å². The SMILES string of the molecule is CCC(Br)c1cc2c(cc1Cl)OCCO2. The highest BCUT2D eigenvalue weighted by molar-refractivity contribution is 9.09. The fourth-order valence-electron chi connectivity index (χ4n) is 1.54. The third kappa shape index (κ3) is 2.23. The lowest BCUT2D eigenvalue weighted by molar-refractivity contribution is 0.171. The first-order chi connectivity index (χ1) is 7.22. The number of halogens is 2. The molecule has 0 bridgehead atoms. The van der Waals surface area contributed by atoms with Crippen molar-refractivity contribution in [3.8, 4) is 11.5 Å². The minimum absolute atomic E-state index is 0.265. The molecule has 0 radical (unpaired) electrons. The van der Waals surface area contributed by atoms with Crippen LogP contribution in [0.1, 0.15) is 23.7 Å². The fourth-order valence-corrected chi connectivity index (χ4v) is 2.34. The largest absolute Gasteiger partial charge is 0.486 e. The van der Waals surface area contributed by atoms with Crippen LogP contribution in [-0.2, 0) is 0 Å². The van der Waals surface area contributed by atoms with Crippen LogP contribution < -0.4 is 9.47 Å². The number of rotatable bonds is 2. The Hall–Kier alpha value is -0.410. The molecule has 2 rings (SSSR count). The molecule has 4 heteroatoms. The summed E-state index contributed by atoms with van der Waals surface area (Å²) in [5, 5.41) is 0.725. The van der Waals surface area contributed by atoms with Crippen molar-refractivity contribution in [2.75, 3.05) is 13.2 Å². The van der Waals surface area contributed by atoms with Crippen LogP contribution in [-0.4, -0.2) is 13.2 Å². The molecule has 0 saturated carbocycles. The van der Waals surface area contributed by atoms with Gasteiger partial charge in [-0.1, -0.05) is 34.5 Å². The molecule has 0 amide bonds. The second kappa shape index (κ2) is 4.62. The van der Waals surface area contributed by atoms with Crippen molar-refractivity contribution in [2.45, 2.75) is 18.2 Å². The van der Waals surface area contributed by atoms with Gasteiger partial charge in [0.15, 0.2) is 11.5 Å². The predicted molar refractivity (Wildman–Crippen MR) is 64.4 cm³/mol. The maximum absolute atomic E-state index is 6.17. The van der Waals surface area contributed by atoms with Crippen molar-refractivity contribution < 1.29 is 9.47 Å². The van der Waals surface area contributed by atoms with Gasteiger partial charge in [-0.2, -0.15) is 0 Å². The number of fused-ring (bicyclic) bond motifs is 1. The molecule has 1 atom stereocenters. The molecule has 1 heterocycles. The Morgan fingerprint density at radius 2 is 1.93 bits per heavy atom. The third-order valence-corrected chi connectivity index (χ3v) is 3.83. The van der Waals surface area contributed by atoms with Crippen LogP contribution in [0, 0.1) is 0 Å². The summed E-state index contributed by atoms with van der Waals surface area (Å²) in [4.78, 5) is 0.265. The number of alkyl halides is 1. The van der Waals surface area contributed by atoms with E-state index in [2.05, 4.69) is 22.9 Å². The smallest absolute Gasteiger partial charge is 0.162 e. The number of hydrogen-bond donors (Lipinski definition) is 0. The van der Waals surface area contributed by atoms with Crippen LogP contribution in [0.2, 0.25) is 5.02 Å². The first-order valence-corrected chi connectivity index (χ1v) is 6.25. The first kappa shape index (κ1) is 11.1. The molecular formula is C11H12BrClO2. The van der Waals surface area contributed by atoms with Crippen molar-refractivity contribution in [3.63, 3.8) is 0 Å². The van der Waals surface area contributed by atoms with Crippen LogP contribution >= 0.6 is 27.5 Å². The Bertz CT molecular complexity index is 368. The molecule has 0 aliphatic carbocycles. The zero-order valence-corrected chi connectivity index (χ0v) is 10.8. The van der Waals surface area contributed by atoms with Crippen LogP contribution in [0.3, 0.4) is 0 Å². The minimum atomic E-state index is 0.265. The average molecular weight is 292 g/mol. The van der Waals surface area contributed by atoms with E-state index in [-0.39, 0.29) is 4.83 Å². The maximum Gasteiger partial charge on any atom is 0.162 e. The highest BCUT2D eigenvalue weighted by Gasteiger charge is 2.17. The van der Waals surface area contributed by atoms with Gasteiger partial charge >= 0.3 is 0 Å². The second-order valence-electron chi connectivity index (χ2n) is 3.39. The van der Waals surface area contributed by atoms with Gasteiger partial charge < -0.3 is 9.47 Å². The van der Waals surface area contributed by atoms with Gasteiger partial charge in [-0.25, -0.2) is 0 Å². The summed E-state index contributed by atoms with van der Waals surface area (Å²) in [6, 6.07) is 3.79. The molecule has 2 nitrogen and oxygen atoms in total. The van der Waals surface area contributed by atoms with Crippen molar-refractivity contribution in [2.24, 2.45) is 0 Å². The van der Waals surface area contributed by atoms with Crippen LogP contribution in [0.15, 0.2) is 12.1 Å². The van der Waals surface area contributed by atoms with Gasteiger partial charge in [0.2, 0.25) is 0 Å². The molecule has 1 aliphatic heterocycles. The summed E-state index contributed by atoms with van der Waals surface area (Å²) >= 11 is 9.75. The zero-order valence-electron chi connectivity index (χ0n) is 8.43. The Kier molecular flexibility index (Phi) is 3.42. The molecule has 0 fully saturated rings. The lowest BCUT2D eigenvalue weighted by atomic mass is 10.1. The van der Waals surface area contributed by atoms with E-state index in [0.717, 1.165) is 28.5 Å². The van der Waals surface area contributed by atoms with Gasteiger partial charge in [-0.05, 0) is 18.1 Å². The van der Waals surface area contributed by atoms with E-state index in [0.29, 0.717) is 13.2 Å². The van der Waals surface area contributed by atoms with Crippen molar-refractivity contribution >= 4 is 27.5 Å². The molecule has 0 saturated heterocycles. The highest BCUT2D eigenvalue weighted by Crippen LogP contribution is 2.40. The average Bonchev–Trinajstić information content (AvgIpc) is 2.27. The quantitative estimate of drug-likeness (QED) is 0.768. The highest BCUT2D eigenvalue weighted by atomic mass is 79.9. The van der Waals surface area contributed by atoms with Crippen LogP contribution in [0.25, 0.3) is 0 Å². The van der Waals surface area contributed by atoms with E-state index in [1.807, 2.05) is 12.1 Å². The minimum Gasteiger partial charge on any atom is -0.486 e. The van der Waals surface area contributed by atoms with Gasteiger partial charge in [0.05, 0.1) is 0 Å². The Morgan fingerprint density at radius 3 is 2.53 bits per heavy atom. The number of ether oxygens (including phenoxy) is 2. The lowest BCUT2D eigenvalue weighted by Gasteiger charge is -2.20. The van der Waals surface area contributed by atoms with E-state index in [1.165, 1.54) is 0 Å². The molecule has 15 heavy (non-hydrogen) atoms. The van der Waals surface area contributed by atoms with Crippen LogP contribution in [0.5, 0.6) is 11.5 Å². The van der Waals surface area contributed by atoms with Crippen molar-refractivity contribution in [3.05, 3.63) is 22.7 Å². The Morgan fingerprint density at radius 1 is 1.33 bits per heavy atom. The van der Waals surface area contributed by atoms with E-state index in [4.69, 9.17) is 21.1 Å². The van der Waals surface area contributed by atoms with Gasteiger partial charge in [-0.3, -0.25) is 0 Å². The van der Waals surface area contributed by atoms with Gasteiger partial charge in [0.1, 0.15) is 13.2 Å². The van der Waals surface area contributed by atoms with E-state index in [1.54, 1.807) is 0 Å². The molecular weight excluding hydrogens is 279 g/mol. The fraction of sp³-hybridized carbons (Fsp3) is 0.455. The molecule has 0 spiro atoms. The zero-order chi connectivity index (χ0) is 10.8. The summed E-state index contributed by atoms with van der Waals surface area (Å²) in [6.07, 6.45) is 0.985. The Labute approximate surface area is 103 Å². The number of benzene rings is 1. The second-order valence-corrected chi connectivity index (χ2v) is 4.91. The summed E-state index contributed by atoms with van der Waals surface area (Å²) in [6.45, 7) is 3.30. The molecule has 1 aromatic carbocycles. The molecule has 1 aliphatic rings. The number of hydrogen-bond acceptors (Lipinski definition) is 2. The summed E-state index contributed by atoms with van der Waals surface area (Å²) in [5.41, 5.74) is 1.06.